The molecule has 17 heavy (non-hydrogen) atoms. The lowest BCUT2D eigenvalue weighted by molar-refractivity contribution is 0.0556. The second-order valence-corrected chi connectivity index (χ2v) is 4.24. The van der Waals surface area contributed by atoms with Crippen LogP contribution in [0.1, 0.15) is 42.4 Å². The van der Waals surface area contributed by atoms with Crippen LogP contribution in [0.25, 0.3) is 0 Å². The molecule has 0 N–H and O–H groups in total. The number of hydrogen-bond donors (Lipinski definition) is 0. The van der Waals surface area contributed by atoms with Crippen molar-refractivity contribution in [3.63, 3.8) is 0 Å². The molecule has 0 fully saturated rings. The minimum absolute atomic E-state index is 0.146. The summed E-state index contributed by atoms with van der Waals surface area (Å²) in [6.45, 7) is 4.50. The summed E-state index contributed by atoms with van der Waals surface area (Å²) in [5, 5.41) is 0. The molecule has 1 rings (SSSR count). The molecular weight excluding hydrogens is 222 g/mol. The number of aryl methyl sites for hydroxylation is 1. The first-order valence-electron chi connectivity index (χ1n) is 5.64. The summed E-state index contributed by atoms with van der Waals surface area (Å²) < 4.78 is 15.0. The van der Waals surface area contributed by atoms with Crippen molar-refractivity contribution in [3.05, 3.63) is 17.3 Å². The molecule has 5 heteroatoms. The lowest BCUT2D eigenvalue weighted by Crippen LogP contribution is -2.04. The number of carbonyl (C=O) groups is 1. The van der Waals surface area contributed by atoms with E-state index in [2.05, 4.69) is 23.6 Å². The van der Waals surface area contributed by atoms with E-state index in [1.165, 1.54) is 7.11 Å². The molecule has 0 aliphatic carbocycles. The fourth-order valence-electron chi connectivity index (χ4n) is 1.41. The quantitative estimate of drug-likeness (QED) is 0.714. The monoisotopic (exact) mass is 241 g/mol. The van der Waals surface area contributed by atoms with E-state index in [-0.39, 0.29) is 12.4 Å². The Labute approximate surface area is 101 Å². The van der Waals surface area contributed by atoms with Crippen LogP contribution in [0.5, 0.6) is 0 Å². The molecular formula is C12H19NO4. The number of ether oxygens (including phenoxy) is 2. The van der Waals surface area contributed by atoms with Gasteiger partial charge in [-0.15, -0.1) is 0 Å². The average Bonchev–Trinajstić information content (AvgIpc) is 2.69. The predicted octanol–water partition coefficient (Wildman–Crippen LogP) is 2.20. The minimum Gasteiger partial charge on any atom is -0.463 e. The normalized spacial score (nSPS) is 10.9. The number of oxazole rings is 1. The zero-order valence-electron chi connectivity index (χ0n) is 10.8. The van der Waals surface area contributed by atoms with Gasteiger partial charge >= 0.3 is 5.97 Å². The Balaban J connectivity index is 2.83. The van der Waals surface area contributed by atoms with Gasteiger partial charge in [-0.3, -0.25) is 0 Å². The molecule has 0 spiro atoms. The van der Waals surface area contributed by atoms with Crippen molar-refractivity contribution in [1.82, 2.24) is 4.98 Å². The van der Waals surface area contributed by atoms with E-state index >= 15 is 0 Å². The van der Waals surface area contributed by atoms with Gasteiger partial charge in [0.05, 0.1) is 13.7 Å². The van der Waals surface area contributed by atoms with Crippen LogP contribution in [0.2, 0.25) is 0 Å². The number of aromatic nitrogens is 1. The van der Waals surface area contributed by atoms with Gasteiger partial charge in [-0.25, -0.2) is 9.78 Å². The van der Waals surface area contributed by atoms with Crippen LogP contribution < -0.4 is 0 Å². The Hall–Kier alpha value is -1.36. The molecule has 1 heterocycles. The predicted molar refractivity (Wildman–Crippen MR) is 61.7 cm³/mol. The fourth-order valence-corrected chi connectivity index (χ4v) is 1.41. The summed E-state index contributed by atoms with van der Waals surface area (Å²) >= 11 is 0. The maximum Gasteiger partial charge on any atom is 0.376 e. The lowest BCUT2D eigenvalue weighted by atomic mass is 10.1. The van der Waals surface area contributed by atoms with Gasteiger partial charge < -0.3 is 13.9 Å². The fraction of sp³-hybridized carbons (Fsp3) is 0.667. The highest BCUT2D eigenvalue weighted by Crippen LogP contribution is 2.16. The van der Waals surface area contributed by atoms with Gasteiger partial charge in [-0.2, -0.15) is 0 Å². The zero-order valence-corrected chi connectivity index (χ0v) is 10.8. The van der Waals surface area contributed by atoms with Crippen LogP contribution in [-0.2, 0) is 22.5 Å². The Morgan fingerprint density at radius 2 is 2.12 bits per heavy atom. The van der Waals surface area contributed by atoms with Gasteiger partial charge in [0.15, 0.2) is 5.89 Å². The highest BCUT2D eigenvalue weighted by Gasteiger charge is 2.20. The van der Waals surface area contributed by atoms with E-state index in [1.54, 1.807) is 7.11 Å². The zero-order chi connectivity index (χ0) is 12.8. The molecule has 0 aliphatic heterocycles. The lowest BCUT2D eigenvalue weighted by Gasteiger charge is -1.99. The maximum atomic E-state index is 11.4. The molecule has 0 atom stereocenters. The maximum absolute atomic E-state index is 11.4. The van der Waals surface area contributed by atoms with E-state index in [9.17, 15) is 4.79 Å². The molecule has 5 nitrogen and oxygen atoms in total. The Morgan fingerprint density at radius 1 is 1.41 bits per heavy atom. The molecule has 0 saturated carbocycles. The number of rotatable bonds is 6. The first-order valence-corrected chi connectivity index (χ1v) is 5.64. The third-order valence-corrected chi connectivity index (χ3v) is 2.33. The summed E-state index contributed by atoms with van der Waals surface area (Å²) in [6.07, 6.45) is 1.68. The van der Waals surface area contributed by atoms with E-state index < -0.39 is 5.97 Å². The van der Waals surface area contributed by atoms with Gasteiger partial charge in [-0.05, 0) is 12.3 Å². The molecule has 0 unspecified atom stereocenters. The summed E-state index contributed by atoms with van der Waals surface area (Å²) in [7, 11) is 2.86. The average molecular weight is 241 g/mol. The van der Waals surface area contributed by atoms with Gasteiger partial charge in [0.25, 0.3) is 0 Å². The molecule has 1 aromatic heterocycles. The third-order valence-electron chi connectivity index (χ3n) is 2.33. The number of methoxy groups -OCH3 is 2. The van der Waals surface area contributed by atoms with Crippen LogP contribution in [0.3, 0.4) is 0 Å². The van der Waals surface area contributed by atoms with Crippen LogP contribution in [0.4, 0.5) is 0 Å². The van der Waals surface area contributed by atoms with Crippen molar-refractivity contribution in [1.29, 1.82) is 0 Å². The number of carbonyl (C=O) groups excluding carboxylic acids is 1. The molecule has 0 aromatic carbocycles. The first kappa shape index (κ1) is 13.7. The topological polar surface area (TPSA) is 61.6 Å². The molecule has 96 valence electrons. The summed E-state index contributed by atoms with van der Waals surface area (Å²) in [4.78, 5) is 15.7. The van der Waals surface area contributed by atoms with E-state index in [0.717, 1.165) is 6.42 Å². The highest BCUT2D eigenvalue weighted by molar-refractivity contribution is 5.87. The second kappa shape index (κ2) is 6.39. The van der Waals surface area contributed by atoms with Crippen molar-refractivity contribution < 1.29 is 18.7 Å². The Morgan fingerprint density at radius 3 is 2.65 bits per heavy atom. The van der Waals surface area contributed by atoms with E-state index in [1.807, 2.05) is 0 Å². The largest absolute Gasteiger partial charge is 0.463 e. The van der Waals surface area contributed by atoms with Gasteiger partial charge in [-0.1, -0.05) is 13.8 Å². The molecule has 0 aliphatic rings. The number of nitrogens with zero attached hydrogens (tertiary/aromatic N) is 1. The van der Waals surface area contributed by atoms with Crippen molar-refractivity contribution in [2.24, 2.45) is 5.92 Å². The minimum atomic E-state index is -0.514. The molecule has 0 amide bonds. The molecule has 0 radical (unpaired) electrons. The Kier molecular flexibility index (Phi) is 5.15. The van der Waals surface area contributed by atoms with Crippen LogP contribution in [-0.4, -0.2) is 25.2 Å². The van der Waals surface area contributed by atoms with Gasteiger partial charge in [0.2, 0.25) is 5.76 Å². The summed E-state index contributed by atoms with van der Waals surface area (Å²) in [6, 6.07) is 0. The van der Waals surface area contributed by atoms with Gasteiger partial charge in [0, 0.05) is 13.5 Å². The molecule has 1 aromatic rings. The Bertz CT molecular complexity index is 371. The van der Waals surface area contributed by atoms with E-state index in [0.29, 0.717) is 23.9 Å². The third kappa shape index (κ3) is 3.85. The van der Waals surface area contributed by atoms with Crippen molar-refractivity contribution in [2.45, 2.75) is 33.3 Å². The molecule has 0 saturated heterocycles. The standard InChI is InChI=1S/C12H19NO4/c1-8(2)5-6-10-13-9(7-15-3)11(17-10)12(14)16-4/h8H,5-7H2,1-4H3. The smallest absolute Gasteiger partial charge is 0.376 e. The van der Waals surface area contributed by atoms with Crippen LogP contribution in [0.15, 0.2) is 4.42 Å². The number of hydrogen-bond acceptors (Lipinski definition) is 5. The van der Waals surface area contributed by atoms with Crippen LogP contribution in [0, 0.1) is 5.92 Å². The molecule has 0 bridgehead atoms. The van der Waals surface area contributed by atoms with Crippen molar-refractivity contribution >= 4 is 5.97 Å². The first-order chi connectivity index (χ1) is 8.08. The van der Waals surface area contributed by atoms with Crippen molar-refractivity contribution in [2.75, 3.05) is 14.2 Å². The second-order valence-electron chi connectivity index (χ2n) is 4.24. The SMILES string of the molecule is COCc1nc(CCC(C)C)oc1C(=O)OC. The van der Waals surface area contributed by atoms with Crippen LogP contribution >= 0.6 is 0 Å². The van der Waals surface area contributed by atoms with Crippen molar-refractivity contribution in [3.8, 4) is 0 Å². The summed E-state index contributed by atoms with van der Waals surface area (Å²) in [5.41, 5.74) is 0.498. The highest BCUT2D eigenvalue weighted by atomic mass is 16.5. The van der Waals surface area contributed by atoms with Gasteiger partial charge in [0.1, 0.15) is 5.69 Å². The van der Waals surface area contributed by atoms with E-state index in [4.69, 9.17) is 9.15 Å². The number of esters is 1. The summed E-state index contributed by atoms with van der Waals surface area (Å²) in [5.74, 6) is 0.758.